The lowest BCUT2D eigenvalue weighted by molar-refractivity contribution is 0.102. The lowest BCUT2D eigenvalue weighted by Gasteiger charge is -2.05. The van der Waals surface area contributed by atoms with Crippen LogP contribution in [0.3, 0.4) is 0 Å². The molecule has 0 bridgehead atoms. The van der Waals surface area contributed by atoms with Gasteiger partial charge in [-0.3, -0.25) is 4.79 Å². The first-order chi connectivity index (χ1) is 9.04. The molecule has 0 atom stereocenters. The second kappa shape index (κ2) is 5.85. The Morgan fingerprint density at radius 1 is 1.11 bits per heavy atom. The van der Waals surface area contributed by atoms with Crippen molar-refractivity contribution in [2.45, 2.75) is 0 Å². The molecule has 0 spiro atoms. The van der Waals surface area contributed by atoms with E-state index in [1.807, 2.05) is 0 Å². The van der Waals surface area contributed by atoms with Crippen LogP contribution in [0, 0.1) is 0 Å². The Bertz CT molecular complexity index is 610. The number of carbonyl (C=O) groups excluding carboxylic acids is 2. The number of primary amides is 1. The number of anilines is 2. The van der Waals surface area contributed by atoms with Gasteiger partial charge in [0.25, 0.3) is 5.91 Å². The van der Waals surface area contributed by atoms with Gasteiger partial charge in [-0.15, -0.1) is 11.3 Å². The van der Waals surface area contributed by atoms with Crippen molar-refractivity contribution in [3.8, 4) is 0 Å². The lowest BCUT2D eigenvalue weighted by Crippen LogP contribution is -2.19. The van der Waals surface area contributed by atoms with E-state index in [0.29, 0.717) is 16.9 Å². The summed E-state index contributed by atoms with van der Waals surface area (Å²) in [5.41, 5.74) is 6.81. The zero-order valence-corrected chi connectivity index (χ0v) is 12.0. The molecule has 98 valence electrons. The average molecular weight is 340 g/mol. The van der Waals surface area contributed by atoms with Crippen molar-refractivity contribution in [2.24, 2.45) is 5.73 Å². The van der Waals surface area contributed by atoms with E-state index in [4.69, 9.17) is 5.73 Å². The van der Waals surface area contributed by atoms with Crippen LogP contribution in [0.1, 0.15) is 10.4 Å². The predicted octanol–water partition coefficient (Wildman–Crippen LogP) is 3.25. The van der Waals surface area contributed by atoms with Gasteiger partial charge in [0.15, 0.2) is 0 Å². The van der Waals surface area contributed by atoms with Gasteiger partial charge in [-0.1, -0.05) is 0 Å². The van der Waals surface area contributed by atoms with Crippen molar-refractivity contribution in [3.63, 3.8) is 0 Å². The normalized spacial score (nSPS) is 9.95. The highest BCUT2D eigenvalue weighted by atomic mass is 79.9. The quantitative estimate of drug-likeness (QED) is 0.801. The molecule has 0 saturated heterocycles. The molecular weight excluding hydrogens is 330 g/mol. The van der Waals surface area contributed by atoms with Gasteiger partial charge in [-0.2, -0.15) is 0 Å². The molecule has 4 N–H and O–H groups in total. The molecule has 1 aromatic heterocycles. The van der Waals surface area contributed by atoms with E-state index in [1.165, 1.54) is 11.3 Å². The summed E-state index contributed by atoms with van der Waals surface area (Å²) in [5.74, 6) is -0.183. The van der Waals surface area contributed by atoms with Gasteiger partial charge in [-0.05, 0) is 46.3 Å². The summed E-state index contributed by atoms with van der Waals surface area (Å²) in [7, 11) is 0. The third kappa shape index (κ3) is 3.80. The van der Waals surface area contributed by atoms with Crippen molar-refractivity contribution in [1.29, 1.82) is 0 Å². The fourth-order valence-electron chi connectivity index (χ4n) is 1.41. The molecule has 5 nitrogen and oxygen atoms in total. The van der Waals surface area contributed by atoms with Crippen molar-refractivity contribution < 1.29 is 9.59 Å². The molecule has 1 aromatic carbocycles. The summed E-state index contributed by atoms with van der Waals surface area (Å²) in [6, 6.07) is 7.81. The van der Waals surface area contributed by atoms with E-state index in [1.54, 1.807) is 35.7 Å². The van der Waals surface area contributed by atoms with E-state index < -0.39 is 6.03 Å². The molecular formula is C12H10BrN3O2S. The molecule has 1 heterocycles. The molecule has 0 aliphatic heterocycles. The largest absolute Gasteiger partial charge is 0.351 e. The number of nitrogens with one attached hydrogen (secondary N) is 2. The molecule has 0 saturated carbocycles. The number of hydrogen-bond donors (Lipinski definition) is 3. The Labute approximate surface area is 121 Å². The highest BCUT2D eigenvalue weighted by molar-refractivity contribution is 9.11. The van der Waals surface area contributed by atoms with E-state index in [-0.39, 0.29) is 5.91 Å². The molecule has 0 radical (unpaired) electrons. The molecule has 2 aromatic rings. The maximum absolute atomic E-state index is 11.9. The van der Waals surface area contributed by atoms with Gasteiger partial charge < -0.3 is 16.4 Å². The third-order valence-electron chi connectivity index (χ3n) is 2.24. The zero-order chi connectivity index (χ0) is 13.8. The fourth-order valence-corrected chi connectivity index (χ4v) is 2.55. The average Bonchev–Trinajstić information content (AvgIpc) is 2.78. The highest BCUT2D eigenvalue weighted by Gasteiger charge is 2.08. The highest BCUT2D eigenvalue weighted by Crippen LogP contribution is 2.22. The van der Waals surface area contributed by atoms with Crippen LogP contribution in [0.25, 0.3) is 0 Å². The van der Waals surface area contributed by atoms with Crippen LogP contribution in [-0.2, 0) is 0 Å². The monoisotopic (exact) mass is 339 g/mol. The predicted molar refractivity (Wildman–Crippen MR) is 79.6 cm³/mol. The second-order valence-electron chi connectivity index (χ2n) is 3.66. The Balaban J connectivity index is 2.03. The van der Waals surface area contributed by atoms with E-state index >= 15 is 0 Å². The maximum atomic E-state index is 11.9. The minimum absolute atomic E-state index is 0.183. The molecule has 0 unspecified atom stereocenters. The number of hydrogen-bond acceptors (Lipinski definition) is 3. The third-order valence-corrected chi connectivity index (χ3v) is 3.74. The number of urea groups is 1. The molecule has 3 amide bonds. The molecule has 7 heteroatoms. The number of amides is 3. The Hall–Kier alpha value is -1.86. The van der Waals surface area contributed by atoms with Gasteiger partial charge in [0.2, 0.25) is 0 Å². The van der Waals surface area contributed by atoms with Gasteiger partial charge in [0.1, 0.15) is 0 Å². The minimum Gasteiger partial charge on any atom is -0.351 e. The number of rotatable bonds is 3. The molecule has 19 heavy (non-hydrogen) atoms. The van der Waals surface area contributed by atoms with Crippen molar-refractivity contribution in [2.75, 3.05) is 10.6 Å². The number of carbonyl (C=O) groups is 2. The Morgan fingerprint density at radius 2 is 1.68 bits per heavy atom. The standard InChI is InChI=1S/C12H10BrN3O2S/c13-10-5-7(6-19-10)11(17)15-8-1-3-9(4-2-8)16-12(14)18/h1-6H,(H,15,17)(H3,14,16,18). The van der Waals surface area contributed by atoms with Crippen LogP contribution < -0.4 is 16.4 Å². The van der Waals surface area contributed by atoms with Crippen LogP contribution in [0.15, 0.2) is 39.5 Å². The summed E-state index contributed by atoms with van der Waals surface area (Å²) in [4.78, 5) is 22.5. The van der Waals surface area contributed by atoms with Crippen molar-refractivity contribution in [3.05, 3.63) is 45.1 Å². The summed E-state index contributed by atoms with van der Waals surface area (Å²) < 4.78 is 0.902. The van der Waals surface area contributed by atoms with E-state index in [2.05, 4.69) is 26.6 Å². The topological polar surface area (TPSA) is 84.2 Å². The van der Waals surface area contributed by atoms with Crippen LogP contribution in [0.5, 0.6) is 0 Å². The first-order valence-corrected chi connectivity index (χ1v) is 6.94. The van der Waals surface area contributed by atoms with E-state index in [0.717, 1.165) is 3.79 Å². The zero-order valence-electron chi connectivity index (χ0n) is 9.64. The first-order valence-electron chi connectivity index (χ1n) is 5.26. The molecule has 0 aliphatic carbocycles. The first kappa shape index (κ1) is 13.6. The number of thiophene rings is 1. The van der Waals surface area contributed by atoms with Crippen LogP contribution in [-0.4, -0.2) is 11.9 Å². The van der Waals surface area contributed by atoms with Crippen LogP contribution >= 0.6 is 27.3 Å². The molecule has 0 fully saturated rings. The van der Waals surface area contributed by atoms with Crippen molar-refractivity contribution in [1.82, 2.24) is 0 Å². The van der Waals surface area contributed by atoms with E-state index in [9.17, 15) is 9.59 Å². The Morgan fingerprint density at radius 3 is 2.16 bits per heavy atom. The number of halogens is 1. The molecule has 2 rings (SSSR count). The second-order valence-corrected chi connectivity index (χ2v) is 5.95. The summed E-state index contributed by atoms with van der Waals surface area (Å²) in [5, 5.41) is 6.96. The summed E-state index contributed by atoms with van der Waals surface area (Å²) in [6.07, 6.45) is 0. The maximum Gasteiger partial charge on any atom is 0.316 e. The van der Waals surface area contributed by atoms with Gasteiger partial charge in [-0.25, -0.2) is 4.79 Å². The molecule has 0 aliphatic rings. The minimum atomic E-state index is -0.625. The number of nitrogens with two attached hydrogens (primary N) is 1. The van der Waals surface area contributed by atoms with Crippen LogP contribution in [0.2, 0.25) is 0 Å². The van der Waals surface area contributed by atoms with Gasteiger partial charge in [0.05, 0.1) is 9.35 Å². The summed E-state index contributed by atoms with van der Waals surface area (Å²) >= 11 is 4.75. The Kier molecular flexibility index (Phi) is 4.18. The van der Waals surface area contributed by atoms with Gasteiger partial charge in [0, 0.05) is 16.8 Å². The smallest absolute Gasteiger partial charge is 0.316 e. The fraction of sp³-hybridized carbons (Fsp3) is 0. The lowest BCUT2D eigenvalue weighted by atomic mass is 10.2. The summed E-state index contributed by atoms with van der Waals surface area (Å²) in [6.45, 7) is 0. The number of benzene rings is 1. The van der Waals surface area contributed by atoms with Crippen LogP contribution in [0.4, 0.5) is 16.2 Å². The van der Waals surface area contributed by atoms with Gasteiger partial charge >= 0.3 is 6.03 Å². The SMILES string of the molecule is NC(=O)Nc1ccc(NC(=O)c2csc(Br)c2)cc1. The van der Waals surface area contributed by atoms with Crippen molar-refractivity contribution >= 4 is 50.6 Å².